The molecule has 0 atom stereocenters. The smallest absolute Gasteiger partial charge is 0.273 e. The van der Waals surface area contributed by atoms with E-state index in [1.807, 2.05) is 18.2 Å². The number of thioether (sulfide) groups is 1. The zero-order chi connectivity index (χ0) is 21.3. The fourth-order valence-electron chi connectivity index (χ4n) is 2.94. The molecule has 0 saturated heterocycles. The van der Waals surface area contributed by atoms with Gasteiger partial charge in [0.15, 0.2) is 0 Å². The van der Waals surface area contributed by atoms with Crippen LogP contribution in [-0.2, 0) is 20.6 Å². The molecule has 1 amide bonds. The average Bonchev–Trinajstić information content (AvgIpc) is 3.46. The minimum absolute atomic E-state index is 0.272. The van der Waals surface area contributed by atoms with E-state index in [1.165, 1.54) is 38.7 Å². The van der Waals surface area contributed by atoms with Gasteiger partial charge < -0.3 is 10.7 Å². The molecule has 4 aromatic rings. The molecule has 0 bridgehead atoms. The van der Waals surface area contributed by atoms with Crippen LogP contribution in [0.1, 0.15) is 4.88 Å². The van der Waals surface area contributed by atoms with Crippen LogP contribution < -0.4 is 10.0 Å². The van der Waals surface area contributed by atoms with Gasteiger partial charge in [-0.25, -0.2) is 13.4 Å². The van der Waals surface area contributed by atoms with E-state index in [9.17, 15) is 13.2 Å². The lowest BCUT2D eigenvalue weighted by Gasteiger charge is -2.19. The van der Waals surface area contributed by atoms with Crippen molar-refractivity contribution in [1.29, 1.82) is 0 Å². The van der Waals surface area contributed by atoms with Crippen LogP contribution in [0.5, 0.6) is 0 Å². The zero-order valence-electron chi connectivity index (χ0n) is 15.9. The quantitative estimate of drug-likeness (QED) is 0.399. The molecule has 0 saturated carbocycles. The lowest BCUT2D eigenvalue weighted by molar-refractivity contribution is -0.115. The Morgan fingerprint density at radius 3 is 2.87 bits per heavy atom. The highest BCUT2D eigenvalue weighted by Crippen LogP contribution is 2.35. The Labute approximate surface area is 186 Å². The van der Waals surface area contributed by atoms with E-state index in [0.717, 1.165) is 26.5 Å². The number of thiazole rings is 1. The normalized spacial score (nSPS) is 11.8. The number of sulfonamides is 1. The molecule has 7 nitrogen and oxygen atoms in total. The number of aromatic nitrogens is 2. The number of nitrogens with zero attached hydrogens (tertiary/aromatic N) is 2. The number of benzene rings is 1. The summed E-state index contributed by atoms with van der Waals surface area (Å²) in [5.41, 5.74) is 7.29. The van der Waals surface area contributed by atoms with Crippen molar-refractivity contribution in [1.82, 2.24) is 9.97 Å². The van der Waals surface area contributed by atoms with Crippen LogP contribution in [-0.4, -0.2) is 37.1 Å². The van der Waals surface area contributed by atoms with Gasteiger partial charge in [-0.15, -0.1) is 34.4 Å². The third kappa shape index (κ3) is 4.10. The molecule has 0 fully saturated rings. The fourth-order valence-corrected chi connectivity index (χ4v) is 7.06. The number of H-pyrrole nitrogens is 1. The maximum atomic E-state index is 12.9. The van der Waals surface area contributed by atoms with E-state index >= 15 is 0 Å². The highest BCUT2D eigenvalue weighted by Gasteiger charge is 2.24. The Kier molecular flexibility index (Phi) is 5.87. The van der Waals surface area contributed by atoms with E-state index in [4.69, 9.17) is 5.73 Å². The van der Waals surface area contributed by atoms with Gasteiger partial charge in [0.05, 0.1) is 22.7 Å². The number of nitrogens with one attached hydrogen (secondary N) is 1. The van der Waals surface area contributed by atoms with Crippen molar-refractivity contribution < 1.29 is 13.2 Å². The van der Waals surface area contributed by atoms with Gasteiger partial charge in [-0.1, -0.05) is 18.2 Å². The van der Waals surface area contributed by atoms with E-state index < -0.39 is 10.0 Å². The van der Waals surface area contributed by atoms with Crippen LogP contribution in [0.2, 0.25) is 0 Å². The molecule has 0 aliphatic heterocycles. The van der Waals surface area contributed by atoms with Crippen LogP contribution in [0.3, 0.4) is 0 Å². The zero-order valence-corrected chi connectivity index (χ0v) is 19.1. The van der Waals surface area contributed by atoms with Crippen LogP contribution in [0, 0.1) is 0 Å². The maximum Gasteiger partial charge on any atom is 0.273 e. The first-order valence-electron chi connectivity index (χ1n) is 8.81. The van der Waals surface area contributed by atoms with E-state index in [0.29, 0.717) is 15.6 Å². The number of amides is 1. The Hall–Kier alpha value is -2.34. The summed E-state index contributed by atoms with van der Waals surface area (Å²) in [7, 11) is -2.07. The SMILES string of the molecule is CN(c1cccc2cc(-c3ncc(CSCC(N)=O)s3)[nH]c12)S(=O)(=O)c1cccs1. The summed E-state index contributed by atoms with van der Waals surface area (Å²) >= 11 is 4.17. The monoisotopic (exact) mass is 478 g/mol. The topological polar surface area (TPSA) is 109 Å². The Balaban J connectivity index is 1.65. The number of thiophene rings is 1. The number of aromatic amines is 1. The minimum atomic E-state index is -3.63. The molecule has 3 heterocycles. The molecule has 0 unspecified atom stereocenters. The first-order chi connectivity index (χ1) is 14.4. The van der Waals surface area contributed by atoms with Crippen molar-refractivity contribution in [3.05, 3.63) is 52.9 Å². The third-order valence-electron chi connectivity index (χ3n) is 4.36. The molecule has 156 valence electrons. The van der Waals surface area contributed by atoms with E-state index in [-0.39, 0.29) is 11.7 Å². The molecule has 3 aromatic heterocycles. The molecular weight excluding hydrogens is 461 g/mol. The molecule has 3 N–H and O–H groups in total. The van der Waals surface area contributed by atoms with Gasteiger partial charge >= 0.3 is 0 Å². The van der Waals surface area contributed by atoms with Crippen LogP contribution >= 0.6 is 34.4 Å². The Morgan fingerprint density at radius 1 is 1.30 bits per heavy atom. The molecular formula is C19H18N4O3S4. The number of rotatable bonds is 8. The van der Waals surface area contributed by atoms with Crippen molar-refractivity contribution in [2.75, 3.05) is 17.1 Å². The molecule has 11 heteroatoms. The van der Waals surface area contributed by atoms with Crippen molar-refractivity contribution in [3.8, 4) is 10.7 Å². The number of carbonyl (C=O) groups is 1. The van der Waals surface area contributed by atoms with Crippen LogP contribution in [0.25, 0.3) is 21.6 Å². The van der Waals surface area contributed by atoms with E-state index in [1.54, 1.807) is 36.8 Å². The Morgan fingerprint density at radius 2 is 2.13 bits per heavy atom. The first kappa shape index (κ1) is 20.9. The second-order valence-corrected chi connectivity index (χ2v) is 11.7. The van der Waals surface area contributed by atoms with E-state index in [2.05, 4.69) is 9.97 Å². The van der Waals surface area contributed by atoms with Crippen molar-refractivity contribution in [2.45, 2.75) is 9.96 Å². The number of hydrogen-bond acceptors (Lipinski definition) is 7. The number of anilines is 1. The highest BCUT2D eigenvalue weighted by atomic mass is 32.2. The van der Waals surface area contributed by atoms with Crippen molar-refractivity contribution in [2.24, 2.45) is 5.73 Å². The van der Waals surface area contributed by atoms with Gasteiger partial charge in [0.2, 0.25) is 5.91 Å². The lowest BCUT2D eigenvalue weighted by Crippen LogP contribution is -2.26. The van der Waals surface area contributed by atoms with Gasteiger partial charge in [-0.3, -0.25) is 9.10 Å². The molecule has 0 radical (unpaired) electrons. The van der Waals surface area contributed by atoms with Gasteiger partial charge in [0, 0.05) is 29.3 Å². The molecule has 0 aliphatic rings. The van der Waals surface area contributed by atoms with Crippen LogP contribution in [0.15, 0.2) is 52.2 Å². The van der Waals surface area contributed by atoms with Gasteiger partial charge in [0.25, 0.3) is 10.0 Å². The second-order valence-electron chi connectivity index (χ2n) is 6.42. The summed E-state index contributed by atoms with van der Waals surface area (Å²) in [6, 6.07) is 10.8. The summed E-state index contributed by atoms with van der Waals surface area (Å²) in [4.78, 5) is 19.7. The minimum Gasteiger partial charge on any atom is -0.369 e. The maximum absolute atomic E-state index is 12.9. The predicted octanol–water partition coefficient (Wildman–Crippen LogP) is 3.90. The largest absolute Gasteiger partial charge is 0.369 e. The molecule has 4 rings (SSSR count). The number of carbonyl (C=O) groups excluding carboxylic acids is 1. The lowest BCUT2D eigenvalue weighted by atomic mass is 10.2. The molecule has 0 spiro atoms. The summed E-state index contributed by atoms with van der Waals surface area (Å²) in [5, 5.41) is 3.45. The summed E-state index contributed by atoms with van der Waals surface area (Å²) in [6.07, 6.45) is 1.79. The first-order valence-corrected chi connectivity index (χ1v) is 13.1. The summed E-state index contributed by atoms with van der Waals surface area (Å²) in [5.74, 6) is 0.594. The summed E-state index contributed by atoms with van der Waals surface area (Å²) < 4.78 is 27.5. The third-order valence-corrected chi connectivity index (χ3v) is 9.72. The average molecular weight is 479 g/mol. The fraction of sp³-hybridized carbons (Fsp3) is 0.158. The number of fused-ring (bicyclic) bond motifs is 1. The highest BCUT2D eigenvalue weighted by molar-refractivity contribution is 7.99. The van der Waals surface area contributed by atoms with Gasteiger partial charge in [-0.2, -0.15) is 0 Å². The Bertz CT molecular complexity index is 1290. The number of primary amides is 1. The molecule has 30 heavy (non-hydrogen) atoms. The second kappa shape index (κ2) is 8.42. The van der Waals surface area contributed by atoms with Crippen molar-refractivity contribution >= 4 is 67.0 Å². The summed E-state index contributed by atoms with van der Waals surface area (Å²) in [6.45, 7) is 0. The van der Waals surface area contributed by atoms with Crippen molar-refractivity contribution in [3.63, 3.8) is 0 Å². The standard InChI is InChI=1S/C19H18N4O3S4/c1-23(30(25,26)17-6-3-7-28-17)15-5-2-4-12-8-14(22-18(12)15)19-21-9-13(29-19)10-27-11-16(20)24/h2-9,22H,10-11H2,1H3,(H2,20,24). The molecule has 1 aromatic carbocycles. The number of para-hydroxylation sites is 1. The molecule has 0 aliphatic carbocycles. The number of nitrogens with two attached hydrogens (primary N) is 1. The van der Waals surface area contributed by atoms with Gasteiger partial charge in [0.1, 0.15) is 9.22 Å². The predicted molar refractivity (Wildman–Crippen MR) is 125 cm³/mol. The van der Waals surface area contributed by atoms with Gasteiger partial charge in [-0.05, 0) is 23.6 Å². The number of hydrogen-bond donors (Lipinski definition) is 2. The van der Waals surface area contributed by atoms with Crippen LogP contribution in [0.4, 0.5) is 5.69 Å².